The lowest BCUT2D eigenvalue weighted by Crippen LogP contribution is -2.47. The number of amides is 1. The number of benzene rings is 1. The molecular weight excluding hydrogens is 254 g/mol. The minimum absolute atomic E-state index is 0.0556. The number of likely N-dealkylation sites (N-methyl/N-ethyl adjacent to an activating group) is 1. The number of aliphatic hydroxyl groups is 1. The van der Waals surface area contributed by atoms with Crippen LogP contribution in [0.25, 0.3) is 0 Å². The van der Waals surface area contributed by atoms with Gasteiger partial charge in [-0.15, -0.1) is 0 Å². The van der Waals surface area contributed by atoms with Crippen LogP contribution in [0.3, 0.4) is 0 Å². The van der Waals surface area contributed by atoms with E-state index < -0.39 is 23.1 Å². The van der Waals surface area contributed by atoms with E-state index in [1.165, 1.54) is 12.1 Å². The van der Waals surface area contributed by atoms with Gasteiger partial charge >= 0.3 is 0 Å². The van der Waals surface area contributed by atoms with Crippen LogP contribution in [0, 0.1) is 11.6 Å². The third kappa shape index (κ3) is 4.57. The summed E-state index contributed by atoms with van der Waals surface area (Å²) < 4.78 is 26.4. The number of rotatable bonds is 5. The summed E-state index contributed by atoms with van der Waals surface area (Å²) in [6.45, 7) is 1.83. The SMILES string of the molecule is CN(C)CC(C)(O)CNC(=O)c1cccc(F)c1F. The average Bonchev–Trinajstić information content (AvgIpc) is 2.28. The molecule has 19 heavy (non-hydrogen) atoms. The van der Waals surface area contributed by atoms with Gasteiger partial charge in [0, 0.05) is 13.1 Å². The van der Waals surface area contributed by atoms with Crippen molar-refractivity contribution in [2.45, 2.75) is 12.5 Å². The van der Waals surface area contributed by atoms with Crippen LogP contribution >= 0.6 is 0 Å². The van der Waals surface area contributed by atoms with Crippen molar-refractivity contribution in [1.82, 2.24) is 10.2 Å². The summed E-state index contributed by atoms with van der Waals surface area (Å²) >= 11 is 0. The lowest BCUT2D eigenvalue weighted by molar-refractivity contribution is 0.0325. The van der Waals surface area contributed by atoms with E-state index in [9.17, 15) is 18.7 Å². The molecule has 1 rings (SSSR count). The van der Waals surface area contributed by atoms with Crippen LogP contribution in [0.2, 0.25) is 0 Å². The Morgan fingerprint density at radius 3 is 2.63 bits per heavy atom. The van der Waals surface area contributed by atoms with Crippen molar-refractivity contribution in [1.29, 1.82) is 0 Å². The van der Waals surface area contributed by atoms with Gasteiger partial charge in [0.1, 0.15) is 0 Å². The van der Waals surface area contributed by atoms with Crippen LogP contribution in [0.4, 0.5) is 8.78 Å². The zero-order valence-corrected chi connectivity index (χ0v) is 11.2. The van der Waals surface area contributed by atoms with Crippen molar-refractivity contribution in [3.63, 3.8) is 0 Å². The molecule has 1 aromatic rings. The molecule has 0 aromatic heterocycles. The van der Waals surface area contributed by atoms with E-state index in [2.05, 4.69) is 5.32 Å². The third-order valence-electron chi connectivity index (χ3n) is 2.48. The van der Waals surface area contributed by atoms with Gasteiger partial charge < -0.3 is 15.3 Å². The maximum Gasteiger partial charge on any atom is 0.254 e. The molecule has 0 saturated heterocycles. The summed E-state index contributed by atoms with van der Waals surface area (Å²) in [5, 5.41) is 12.4. The van der Waals surface area contributed by atoms with E-state index in [1.54, 1.807) is 25.9 Å². The molecule has 0 radical (unpaired) electrons. The van der Waals surface area contributed by atoms with Gasteiger partial charge in [0.25, 0.3) is 5.91 Å². The van der Waals surface area contributed by atoms with Crippen molar-refractivity contribution < 1.29 is 18.7 Å². The zero-order valence-electron chi connectivity index (χ0n) is 11.2. The number of hydrogen-bond donors (Lipinski definition) is 2. The number of carbonyl (C=O) groups is 1. The molecule has 1 unspecified atom stereocenters. The van der Waals surface area contributed by atoms with Crippen LogP contribution in [-0.2, 0) is 0 Å². The predicted octanol–water partition coefficient (Wildman–Crippen LogP) is 1.01. The molecule has 0 aliphatic heterocycles. The molecule has 0 aliphatic carbocycles. The van der Waals surface area contributed by atoms with Gasteiger partial charge in [0.15, 0.2) is 11.6 Å². The molecule has 4 nitrogen and oxygen atoms in total. The van der Waals surface area contributed by atoms with E-state index in [1.807, 2.05) is 0 Å². The van der Waals surface area contributed by atoms with Crippen molar-refractivity contribution in [3.05, 3.63) is 35.4 Å². The fraction of sp³-hybridized carbons (Fsp3) is 0.462. The second-order valence-corrected chi connectivity index (χ2v) is 5.02. The zero-order chi connectivity index (χ0) is 14.6. The molecule has 2 N–H and O–H groups in total. The minimum atomic E-state index is -1.19. The van der Waals surface area contributed by atoms with E-state index in [4.69, 9.17) is 0 Å². The highest BCUT2D eigenvalue weighted by Gasteiger charge is 2.23. The van der Waals surface area contributed by atoms with Gasteiger partial charge in [0.2, 0.25) is 0 Å². The van der Waals surface area contributed by atoms with E-state index in [0.29, 0.717) is 6.54 Å². The van der Waals surface area contributed by atoms with Gasteiger partial charge in [-0.05, 0) is 33.2 Å². The summed E-state index contributed by atoms with van der Waals surface area (Å²) in [6, 6.07) is 3.38. The lowest BCUT2D eigenvalue weighted by atomic mass is 10.1. The lowest BCUT2D eigenvalue weighted by Gasteiger charge is -2.27. The fourth-order valence-electron chi connectivity index (χ4n) is 1.78. The first kappa shape index (κ1) is 15.5. The second-order valence-electron chi connectivity index (χ2n) is 5.02. The Morgan fingerprint density at radius 2 is 2.05 bits per heavy atom. The van der Waals surface area contributed by atoms with Crippen molar-refractivity contribution >= 4 is 5.91 Å². The van der Waals surface area contributed by atoms with Gasteiger partial charge in [-0.2, -0.15) is 0 Å². The van der Waals surface area contributed by atoms with Gasteiger partial charge in [-0.3, -0.25) is 4.79 Å². The molecule has 0 saturated carbocycles. The Morgan fingerprint density at radius 1 is 1.42 bits per heavy atom. The van der Waals surface area contributed by atoms with Crippen LogP contribution in [0.15, 0.2) is 18.2 Å². The average molecular weight is 272 g/mol. The number of nitrogens with zero attached hydrogens (tertiary/aromatic N) is 1. The molecule has 0 bridgehead atoms. The molecule has 0 spiro atoms. The Kier molecular flexibility index (Phi) is 4.97. The van der Waals surface area contributed by atoms with Crippen molar-refractivity contribution in [3.8, 4) is 0 Å². The highest BCUT2D eigenvalue weighted by molar-refractivity contribution is 5.94. The van der Waals surface area contributed by atoms with Gasteiger partial charge in [-0.25, -0.2) is 8.78 Å². The molecule has 0 aliphatic rings. The standard InChI is InChI=1S/C13H18F2N2O2/c1-13(19,8-17(2)3)7-16-12(18)9-5-4-6-10(14)11(9)15/h4-6,19H,7-8H2,1-3H3,(H,16,18). The van der Waals surface area contributed by atoms with Crippen LogP contribution in [0.1, 0.15) is 17.3 Å². The minimum Gasteiger partial charge on any atom is -0.387 e. The second kappa shape index (κ2) is 6.08. The molecule has 6 heteroatoms. The first-order valence-electron chi connectivity index (χ1n) is 5.82. The van der Waals surface area contributed by atoms with E-state index >= 15 is 0 Å². The predicted molar refractivity (Wildman–Crippen MR) is 67.9 cm³/mol. The maximum absolute atomic E-state index is 13.4. The number of nitrogens with one attached hydrogen (secondary N) is 1. The first-order chi connectivity index (χ1) is 8.73. The Labute approximate surface area is 111 Å². The van der Waals surface area contributed by atoms with E-state index in [0.717, 1.165) is 6.07 Å². The molecule has 1 atom stereocenters. The summed E-state index contributed by atoms with van der Waals surface area (Å²) in [4.78, 5) is 13.5. The molecule has 1 amide bonds. The maximum atomic E-state index is 13.4. The van der Waals surface area contributed by atoms with Crippen LogP contribution in [0.5, 0.6) is 0 Å². The smallest absolute Gasteiger partial charge is 0.254 e. The topological polar surface area (TPSA) is 52.6 Å². The summed E-state index contributed by atoms with van der Waals surface area (Å²) in [6.07, 6.45) is 0. The van der Waals surface area contributed by atoms with Crippen molar-refractivity contribution in [2.75, 3.05) is 27.2 Å². The molecule has 106 valence electrons. The van der Waals surface area contributed by atoms with E-state index in [-0.39, 0.29) is 12.1 Å². The normalized spacial score (nSPS) is 14.3. The number of carbonyl (C=O) groups excluding carboxylic acids is 1. The highest BCUT2D eigenvalue weighted by Crippen LogP contribution is 2.11. The fourth-order valence-corrected chi connectivity index (χ4v) is 1.78. The third-order valence-corrected chi connectivity index (χ3v) is 2.48. The first-order valence-corrected chi connectivity index (χ1v) is 5.82. The number of hydrogen-bond acceptors (Lipinski definition) is 3. The summed E-state index contributed by atoms with van der Waals surface area (Å²) in [5.41, 5.74) is -1.52. The van der Waals surface area contributed by atoms with Gasteiger partial charge in [0.05, 0.1) is 11.2 Å². The quantitative estimate of drug-likeness (QED) is 0.841. The van der Waals surface area contributed by atoms with Crippen molar-refractivity contribution in [2.24, 2.45) is 0 Å². The summed E-state index contributed by atoms with van der Waals surface area (Å²) in [7, 11) is 3.56. The van der Waals surface area contributed by atoms with Crippen LogP contribution in [-0.4, -0.2) is 48.7 Å². The Bertz CT molecular complexity index is 462. The molecular formula is C13H18F2N2O2. The summed E-state index contributed by atoms with van der Waals surface area (Å²) in [5.74, 6) is -3.02. The molecule has 0 fully saturated rings. The Balaban J connectivity index is 2.68. The van der Waals surface area contributed by atoms with Gasteiger partial charge in [-0.1, -0.05) is 6.07 Å². The largest absolute Gasteiger partial charge is 0.387 e. The molecule has 1 aromatic carbocycles. The number of halogens is 2. The Hall–Kier alpha value is -1.53. The monoisotopic (exact) mass is 272 g/mol. The van der Waals surface area contributed by atoms with Crippen LogP contribution < -0.4 is 5.32 Å². The molecule has 0 heterocycles. The highest BCUT2D eigenvalue weighted by atomic mass is 19.2.